The Morgan fingerprint density at radius 3 is 1.02 bits per heavy atom. The van der Waals surface area contributed by atoms with Crippen molar-refractivity contribution in [1.29, 1.82) is 0 Å². The van der Waals surface area contributed by atoms with Crippen LogP contribution in [0.5, 0.6) is 0 Å². The summed E-state index contributed by atoms with van der Waals surface area (Å²) in [5, 5.41) is 7.21. The van der Waals surface area contributed by atoms with E-state index in [1.165, 1.54) is 43.4 Å². The standard InChI is InChI=1S/C92H69N9/c1-91(2,3)65-45-51-82-76(54-65)77-55-66(92(4,5)6)46-52-83(77)101(82)84-57-68(100-80-39-22-18-35-71(80)72-36-19-23-40-81(72)100)48-50-74(84)90-97-86(61-29-14-9-15-30-61)94-88(98-90)64-32-24-31-63(53-64)58-41-43-62(44-42-58)87-93-85(60-27-12-8-13-28-60)95-89(96-87)73-49-47-67(56-75(73)59-25-10-7-11-26-59)99-78-37-20-16-33-69(78)70-34-17-21-38-79(70)99/h7-57H,1-6H3. The van der Waals surface area contributed by atoms with Crippen LogP contribution in [0.4, 0.5) is 0 Å². The third-order valence-corrected chi connectivity index (χ3v) is 19.9. The Morgan fingerprint density at radius 1 is 0.208 bits per heavy atom. The van der Waals surface area contributed by atoms with Crippen molar-refractivity contribution in [1.82, 2.24) is 43.6 Å². The normalized spacial score (nSPS) is 12.1. The molecule has 0 aliphatic heterocycles. The molecule has 482 valence electrons. The predicted octanol–water partition coefficient (Wildman–Crippen LogP) is 23.3. The van der Waals surface area contributed by atoms with Gasteiger partial charge in [0.2, 0.25) is 0 Å². The highest BCUT2D eigenvalue weighted by atomic mass is 15.1. The zero-order valence-electron chi connectivity index (χ0n) is 57.0. The van der Waals surface area contributed by atoms with Crippen LogP contribution in [0.1, 0.15) is 52.7 Å². The molecule has 0 amide bonds. The van der Waals surface area contributed by atoms with E-state index in [1.807, 2.05) is 36.4 Å². The fraction of sp³-hybridized carbons (Fsp3) is 0.0870. The first kappa shape index (κ1) is 60.7. The average Bonchev–Trinajstić information content (AvgIpc) is 1.59. The van der Waals surface area contributed by atoms with E-state index < -0.39 is 0 Å². The van der Waals surface area contributed by atoms with E-state index in [2.05, 4.69) is 328 Å². The van der Waals surface area contributed by atoms with Crippen molar-refractivity contribution in [2.45, 2.75) is 52.4 Å². The molecule has 101 heavy (non-hydrogen) atoms. The third kappa shape index (κ3) is 10.7. The van der Waals surface area contributed by atoms with Crippen molar-refractivity contribution >= 4 is 65.4 Å². The van der Waals surface area contributed by atoms with Crippen LogP contribution in [-0.2, 0) is 10.8 Å². The summed E-state index contributed by atoms with van der Waals surface area (Å²) in [7, 11) is 0. The quantitative estimate of drug-likeness (QED) is 0.128. The molecular weight excluding hydrogens is 1230 g/mol. The summed E-state index contributed by atoms with van der Waals surface area (Å²) in [4.78, 5) is 32.3. The predicted molar refractivity (Wildman–Crippen MR) is 417 cm³/mol. The number of aromatic nitrogens is 9. The van der Waals surface area contributed by atoms with Crippen LogP contribution in [-0.4, -0.2) is 43.6 Å². The number of rotatable bonds is 11. The monoisotopic (exact) mass is 1300 g/mol. The van der Waals surface area contributed by atoms with Gasteiger partial charge in [-0.2, -0.15) is 0 Å². The van der Waals surface area contributed by atoms with E-state index in [-0.39, 0.29) is 10.8 Å². The molecule has 0 aliphatic rings. The minimum absolute atomic E-state index is 0.0740. The fourth-order valence-corrected chi connectivity index (χ4v) is 14.7. The first-order valence-corrected chi connectivity index (χ1v) is 34.6. The van der Waals surface area contributed by atoms with Crippen LogP contribution >= 0.6 is 0 Å². The van der Waals surface area contributed by atoms with Gasteiger partial charge >= 0.3 is 0 Å². The second-order valence-corrected chi connectivity index (χ2v) is 28.3. The highest BCUT2D eigenvalue weighted by Gasteiger charge is 2.26. The van der Waals surface area contributed by atoms with Gasteiger partial charge in [-0.1, -0.05) is 260 Å². The van der Waals surface area contributed by atoms with Crippen molar-refractivity contribution in [2.75, 3.05) is 0 Å². The zero-order chi connectivity index (χ0) is 68.1. The molecule has 0 unspecified atom stereocenters. The summed E-state index contributed by atoms with van der Waals surface area (Å²) in [6.07, 6.45) is 0. The maximum Gasteiger partial charge on any atom is 0.166 e. The minimum atomic E-state index is -0.0740. The third-order valence-electron chi connectivity index (χ3n) is 19.9. The second-order valence-electron chi connectivity index (χ2n) is 28.3. The molecule has 0 radical (unpaired) electrons. The Kier molecular flexibility index (Phi) is 14.5. The summed E-state index contributed by atoms with van der Waals surface area (Å²) < 4.78 is 7.20. The second kappa shape index (κ2) is 24.1. The highest BCUT2D eigenvalue weighted by molar-refractivity contribution is 6.12. The van der Waals surface area contributed by atoms with Crippen molar-refractivity contribution in [2.24, 2.45) is 0 Å². The van der Waals surface area contributed by atoms with Gasteiger partial charge in [0.1, 0.15) is 0 Å². The van der Waals surface area contributed by atoms with Gasteiger partial charge < -0.3 is 13.7 Å². The van der Waals surface area contributed by atoms with Gasteiger partial charge in [0.15, 0.2) is 34.9 Å². The molecule has 0 bridgehead atoms. The van der Waals surface area contributed by atoms with E-state index in [0.29, 0.717) is 34.9 Å². The molecule has 0 spiro atoms. The van der Waals surface area contributed by atoms with Crippen LogP contribution in [0, 0.1) is 0 Å². The van der Waals surface area contributed by atoms with Gasteiger partial charge in [0.25, 0.3) is 0 Å². The van der Waals surface area contributed by atoms with Gasteiger partial charge in [-0.3, -0.25) is 0 Å². The summed E-state index contributed by atoms with van der Waals surface area (Å²) in [5.74, 6) is 3.42. The number of nitrogens with zero attached hydrogens (tertiary/aromatic N) is 9. The Morgan fingerprint density at radius 2 is 0.554 bits per heavy atom. The Hall–Kier alpha value is -12.7. The molecule has 18 aromatic rings. The molecule has 0 fully saturated rings. The molecule has 5 heterocycles. The number of hydrogen-bond acceptors (Lipinski definition) is 6. The van der Waals surface area contributed by atoms with Crippen molar-refractivity contribution in [3.8, 4) is 108 Å². The van der Waals surface area contributed by atoms with Crippen LogP contribution in [0.15, 0.2) is 309 Å². The van der Waals surface area contributed by atoms with E-state index in [4.69, 9.17) is 29.9 Å². The first-order chi connectivity index (χ1) is 49.3. The lowest BCUT2D eigenvalue weighted by atomic mass is 9.85. The smallest absolute Gasteiger partial charge is 0.166 e. The van der Waals surface area contributed by atoms with Crippen LogP contribution in [0.3, 0.4) is 0 Å². The molecule has 18 rings (SSSR count). The lowest BCUT2D eigenvalue weighted by Gasteiger charge is -2.20. The van der Waals surface area contributed by atoms with E-state index >= 15 is 0 Å². The highest BCUT2D eigenvalue weighted by Crippen LogP contribution is 2.44. The molecule has 5 aromatic heterocycles. The molecule has 0 saturated carbocycles. The summed E-state index contributed by atoms with van der Waals surface area (Å²) >= 11 is 0. The molecule has 9 nitrogen and oxygen atoms in total. The minimum Gasteiger partial charge on any atom is -0.309 e. The lowest BCUT2D eigenvalue weighted by molar-refractivity contribution is 0.590. The molecule has 0 aliphatic carbocycles. The Balaban J connectivity index is 0.771. The summed E-state index contributed by atoms with van der Waals surface area (Å²) in [6, 6.07) is 110. The van der Waals surface area contributed by atoms with Crippen molar-refractivity contribution < 1.29 is 0 Å². The van der Waals surface area contributed by atoms with Gasteiger partial charge in [0.05, 0.1) is 38.8 Å². The maximum absolute atomic E-state index is 5.57. The Bertz CT molecular complexity index is 6090. The van der Waals surface area contributed by atoms with Crippen LogP contribution in [0.2, 0.25) is 0 Å². The summed E-state index contributed by atoms with van der Waals surface area (Å²) in [5.41, 5.74) is 21.5. The van der Waals surface area contributed by atoms with Gasteiger partial charge in [-0.15, -0.1) is 0 Å². The van der Waals surface area contributed by atoms with Crippen LogP contribution < -0.4 is 0 Å². The van der Waals surface area contributed by atoms with E-state index in [1.54, 1.807) is 0 Å². The largest absolute Gasteiger partial charge is 0.309 e. The molecule has 9 heteroatoms. The zero-order valence-corrected chi connectivity index (χ0v) is 57.0. The van der Waals surface area contributed by atoms with E-state index in [9.17, 15) is 0 Å². The number of fused-ring (bicyclic) bond motifs is 9. The first-order valence-electron chi connectivity index (χ1n) is 34.6. The SMILES string of the molecule is CC(C)(C)c1ccc2c(c1)c1cc(C(C)(C)C)ccc1n2-c1cc(-n2c3ccccc3c3ccccc32)ccc1-c1nc(-c2ccccc2)nc(-c2cccc(-c3ccc(-c4nc(-c5ccccc5)nc(-c5ccc(-n6c7ccccc7c7ccccc76)cc5-c5ccccc5)n4)cc3)c2)n1. The number of hydrogen-bond donors (Lipinski definition) is 0. The van der Waals surface area contributed by atoms with Gasteiger partial charge in [0, 0.05) is 77.1 Å². The fourth-order valence-electron chi connectivity index (χ4n) is 14.7. The van der Waals surface area contributed by atoms with Crippen molar-refractivity contribution in [3.63, 3.8) is 0 Å². The maximum atomic E-state index is 5.57. The van der Waals surface area contributed by atoms with Gasteiger partial charge in [-0.25, -0.2) is 29.9 Å². The molecular formula is C92H69N9. The number of benzene rings is 13. The molecule has 0 atom stereocenters. The number of para-hydroxylation sites is 4. The topological polar surface area (TPSA) is 92.1 Å². The van der Waals surface area contributed by atoms with Gasteiger partial charge in [-0.05, 0) is 135 Å². The molecule has 0 saturated heterocycles. The molecule has 13 aromatic carbocycles. The Labute approximate surface area is 586 Å². The average molecular weight is 1300 g/mol. The van der Waals surface area contributed by atoms with E-state index in [0.717, 1.165) is 106 Å². The summed E-state index contributed by atoms with van der Waals surface area (Å²) in [6.45, 7) is 13.8. The van der Waals surface area contributed by atoms with Crippen LogP contribution in [0.25, 0.3) is 173 Å². The lowest BCUT2D eigenvalue weighted by Crippen LogP contribution is -2.10. The molecule has 0 N–H and O–H groups in total. The van der Waals surface area contributed by atoms with Crippen molar-refractivity contribution in [3.05, 3.63) is 321 Å².